The van der Waals surface area contributed by atoms with Crippen LogP contribution in [0.2, 0.25) is 0 Å². The minimum absolute atomic E-state index is 0.167. The Morgan fingerprint density at radius 1 is 1.43 bits per heavy atom. The van der Waals surface area contributed by atoms with Crippen LogP contribution in [0, 0.1) is 17.0 Å². The smallest absolute Gasteiger partial charge is 0.292 e. The lowest BCUT2D eigenvalue weighted by atomic mass is 10.0. The molecule has 0 unspecified atom stereocenters. The standard InChI is InChI=1S/C15H23N3O3/c1-12-4-3-5-14(18(20)21)15(12)17-8-6-13(7-9-17)16(2)10-11-19/h3-5,13,19H,6-11H2,1-2H3. The molecule has 1 N–H and O–H groups in total. The Morgan fingerprint density at radius 2 is 2.10 bits per heavy atom. The summed E-state index contributed by atoms with van der Waals surface area (Å²) in [5, 5.41) is 20.2. The number of hydrogen-bond acceptors (Lipinski definition) is 5. The lowest BCUT2D eigenvalue weighted by Crippen LogP contribution is -2.44. The van der Waals surface area contributed by atoms with Gasteiger partial charge in [0.25, 0.3) is 5.69 Å². The second-order valence-electron chi connectivity index (χ2n) is 5.62. The molecule has 0 bridgehead atoms. The number of nitro benzene ring substituents is 1. The Labute approximate surface area is 125 Å². The van der Waals surface area contributed by atoms with Gasteiger partial charge in [-0.05, 0) is 32.4 Å². The van der Waals surface area contributed by atoms with Crippen molar-refractivity contribution in [1.82, 2.24) is 4.90 Å². The van der Waals surface area contributed by atoms with Crippen molar-refractivity contribution in [3.63, 3.8) is 0 Å². The molecule has 0 aromatic heterocycles. The minimum atomic E-state index is -0.299. The molecule has 1 heterocycles. The number of aliphatic hydroxyl groups is 1. The first-order valence-electron chi connectivity index (χ1n) is 7.34. The Morgan fingerprint density at radius 3 is 2.67 bits per heavy atom. The molecule has 116 valence electrons. The van der Waals surface area contributed by atoms with E-state index in [4.69, 9.17) is 5.11 Å². The summed E-state index contributed by atoms with van der Waals surface area (Å²) in [7, 11) is 2.02. The maximum atomic E-state index is 11.2. The lowest BCUT2D eigenvalue weighted by molar-refractivity contribution is -0.384. The molecular formula is C15H23N3O3. The monoisotopic (exact) mass is 293 g/mol. The third-order valence-corrected chi connectivity index (χ3v) is 4.27. The molecule has 1 aromatic carbocycles. The summed E-state index contributed by atoms with van der Waals surface area (Å²) in [6.45, 7) is 4.39. The quantitative estimate of drug-likeness (QED) is 0.662. The van der Waals surface area contributed by atoms with Crippen LogP contribution in [-0.2, 0) is 0 Å². The van der Waals surface area contributed by atoms with Gasteiger partial charge in [0.15, 0.2) is 0 Å². The molecule has 2 rings (SSSR count). The second-order valence-corrected chi connectivity index (χ2v) is 5.62. The number of benzene rings is 1. The van der Waals surface area contributed by atoms with Gasteiger partial charge in [-0.25, -0.2) is 0 Å². The van der Waals surface area contributed by atoms with E-state index in [1.807, 2.05) is 20.0 Å². The number of nitrogens with zero attached hydrogens (tertiary/aromatic N) is 3. The van der Waals surface area contributed by atoms with Crippen molar-refractivity contribution in [3.8, 4) is 0 Å². The Bertz CT molecular complexity index is 499. The number of aliphatic hydroxyl groups excluding tert-OH is 1. The lowest BCUT2D eigenvalue weighted by Gasteiger charge is -2.37. The van der Waals surface area contributed by atoms with E-state index in [0.29, 0.717) is 12.6 Å². The van der Waals surface area contributed by atoms with Crippen LogP contribution in [0.4, 0.5) is 11.4 Å². The van der Waals surface area contributed by atoms with Gasteiger partial charge in [0.05, 0.1) is 11.5 Å². The molecule has 1 saturated heterocycles. The highest BCUT2D eigenvalue weighted by molar-refractivity contribution is 5.67. The van der Waals surface area contributed by atoms with Gasteiger partial charge >= 0.3 is 0 Å². The van der Waals surface area contributed by atoms with Crippen molar-refractivity contribution < 1.29 is 10.0 Å². The summed E-state index contributed by atoms with van der Waals surface area (Å²) in [5.74, 6) is 0. The molecule has 1 aliphatic heterocycles. The number of anilines is 1. The fourth-order valence-electron chi connectivity index (χ4n) is 3.07. The minimum Gasteiger partial charge on any atom is -0.395 e. The second kappa shape index (κ2) is 6.87. The number of piperidine rings is 1. The van der Waals surface area contributed by atoms with Crippen molar-refractivity contribution in [3.05, 3.63) is 33.9 Å². The predicted octanol–water partition coefficient (Wildman–Crippen LogP) is 1.80. The van der Waals surface area contributed by atoms with Crippen LogP contribution >= 0.6 is 0 Å². The van der Waals surface area contributed by atoms with Crippen LogP contribution in [0.1, 0.15) is 18.4 Å². The average Bonchev–Trinajstić information content (AvgIpc) is 2.47. The fraction of sp³-hybridized carbons (Fsp3) is 0.600. The summed E-state index contributed by atoms with van der Waals surface area (Å²) < 4.78 is 0. The third kappa shape index (κ3) is 3.51. The molecule has 0 amide bonds. The Kier molecular flexibility index (Phi) is 5.14. The molecule has 0 spiro atoms. The van der Waals surface area contributed by atoms with Crippen LogP contribution in [0.25, 0.3) is 0 Å². The van der Waals surface area contributed by atoms with Gasteiger partial charge in [0.2, 0.25) is 0 Å². The van der Waals surface area contributed by atoms with Crippen molar-refractivity contribution in [1.29, 1.82) is 0 Å². The largest absolute Gasteiger partial charge is 0.395 e. The number of rotatable bonds is 5. The van der Waals surface area contributed by atoms with E-state index in [9.17, 15) is 10.1 Å². The maximum Gasteiger partial charge on any atom is 0.292 e. The molecule has 1 aliphatic rings. The highest BCUT2D eigenvalue weighted by Crippen LogP contribution is 2.33. The normalized spacial score (nSPS) is 16.5. The van der Waals surface area contributed by atoms with Crippen molar-refractivity contribution >= 4 is 11.4 Å². The molecule has 6 nitrogen and oxygen atoms in total. The first-order chi connectivity index (χ1) is 10.0. The number of aryl methyl sites for hydroxylation is 1. The number of nitro groups is 1. The van der Waals surface area contributed by atoms with Gasteiger partial charge in [0, 0.05) is 31.7 Å². The fourth-order valence-corrected chi connectivity index (χ4v) is 3.07. The molecule has 0 saturated carbocycles. The highest BCUT2D eigenvalue weighted by atomic mass is 16.6. The Balaban J connectivity index is 2.11. The molecule has 21 heavy (non-hydrogen) atoms. The zero-order valence-electron chi connectivity index (χ0n) is 12.7. The summed E-state index contributed by atoms with van der Waals surface area (Å²) in [5.41, 5.74) is 1.90. The van der Waals surface area contributed by atoms with Crippen LogP contribution in [0.5, 0.6) is 0 Å². The van der Waals surface area contributed by atoms with E-state index in [-0.39, 0.29) is 17.2 Å². The molecule has 0 atom stereocenters. The summed E-state index contributed by atoms with van der Waals surface area (Å²) in [6, 6.07) is 5.67. The van der Waals surface area contributed by atoms with Crippen molar-refractivity contribution in [2.75, 3.05) is 38.2 Å². The van der Waals surface area contributed by atoms with Crippen LogP contribution in [-0.4, -0.2) is 54.3 Å². The zero-order chi connectivity index (χ0) is 15.4. The van der Waals surface area contributed by atoms with Crippen LogP contribution < -0.4 is 4.90 Å². The van der Waals surface area contributed by atoms with Crippen molar-refractivity contribution in [2.45, 2.75) is 25.8 Å². The topological polar surface area (TPSA) is 69.9 Å². The SMILES string of the molecule is Cc1cccc([N+](=O)[O-])c1N1CCC(N(C)CCO)CC1. The van der Waals surface area contributed by atoms with E-state index in [1.54, 1.807) is 12.1 Å². The molecule has 1 aromatic rings. The highest BCUT2D eigenvalue weighted by Gasteiger charge is 2.27. The number of hydrogen-bond donors (Lipinski definition) is 1. The molecular weight excluding hydrogens is 270 g/mol. The van der Waals surface area contributed by atoms with E-state index in [2.05, 4.69) is 9.80 Å². The molecule has 6 heteroatoms. The van der Waals surface area contributed by atoms with Gasteiger partial charge in [-0.2, -0.15) is 0 Å². The predicted molar refractivity (Wildman–Crippen MR) is 82.8 cm³/mol. The molecule has 0 aliphatic carbocycles. The average molecular weight is 293 g/mol. The third-order valence-electron chi connectivity index (χ3n) is 4.27. The van der Waals surface area contributed by atoms with Crippen molar-refractivity contribution in [2.24, 2.45) is 0 Å². The van der Waals surface area contributed by atoms with Crippen LogP contribution in [0.15, 0.2) is 18.2 Å². The van der Waals surface area contributed by atoms with Gasteiger partial charge < -0.3 is 14.9 Å². The van der Waals surface area contributed by atoms with Gasteiger partial charge in [-0.1, -0.05) is 12.1 Å². The van der Waals surface area contributed by atoms with E-state index in [0.717, 1.165) is 37.2 Å². The summed E-state index contributed by atoms with van der Waals surface area (Å²) in [6.07, 6.45) is 1.92. The van der Waals surface area contributed by atoms with E-state index >= 15 is 0 Å². The van der Waals surface area contributed by atoms with E-state index < -0.39 is 0 Å². The Hall–Kier alpha value is -1.66. The zero-order valence-corrected chi connectivity index (χ0v) is 12.7. The van der Waals surface area contributed by atoms with E-state index in [1.165, 1.54) is 0 Å². The maximum absolute atomic E-state index is 11.2. The first kappa shape index (κ1) is 15.7. The summed E-state index contributed by atoms with van der Waals surface area (Å²) in [4.78, 5) is 15.2. The summed E-state index contributed by atoms with van der Waals surface area (Å²) >= 11 is 0. The van der Waals surface area contributed by atoms with Gasteiger partial charge in [-0.3, -0.25) is 10.1 Å². The number of para-hydroxylation sites is 1. The van der Waals surface area contributed by atoms with Gasteiger partial charge in [-0.15, -0.1) is 0 Å². The van der Waals surface area contributed by atoms with Gasteiger partial charge in [0.1, 0.15) is 5.69 Å². The molecule has 0 radical (unpaired) electrons. The molecule has 1 fully saturated rings. The van der Waals surface area contributed by atoms with Crippen LogP contribution in [0.3, 0.4) is 0 Å². The first-order valence-corrected chi connectivity index (χ1v) is 7.34. The number of likely N-dealkylation sites (N-methyl/N-ethyl adjacent to an activating group) is 1.